The summed E-state index contributed by atoms with van der Waals surface area (Å²) in [6.45, 7) is 4.56. The lowest BCUT2D eigenvalue weighted by molar-refractivity contribution is -0.136. The number of ether oxygens (including phenoxy) is 3. The number of halogens is 3. The Labute approximate surface area is 221 Å². The van der Waals surface area contributed by atoms with E-state index in [1.807, 2.05) is 4.90 Å². The van der Waals surface area contributed by atoms with Crippen molar-refractivity contribution in [2.24, 2.45) is 0 Å². The lowest BCUT2D eigenvalue weighted by atomic mass is 10.0. The fourth-order valence-corrected chi connectivity index (χ4v) is 5.42. The number of hydrogen-bond acceptors (Lipinski definition) is 9. The molecule has 0 bridgehead atoms. The first-order valence-electron chi connectivity index (χ1n) is 12.8. The van der Waals surface area contributed by atoms with Crippen molar-refractivity contribution in [3.63, 3.8) is 0 Å². The summed E-state index contributed by atoms with van der Waals surface area (Å²) in [6.07, 6.45) is -1.91. The molecule has 0 unspecified atom stereocenters. The van der Waals surface area contributed by atoms with Gasteiger partial charge in [0.2, 0.25) is 12.7 Å². The number of rotatable bonds is 5. The number of benzene rings is 1. The molecular formula is C25H28F3N7O4. The van der Waals surface area contributed by atoms with E-state index in [2.05, 4.69) is 30.5 Å². The second-order valence-corrected chi connectivity index (χ2v) is 9.59. The van der Waals surface area contributed by atoms with Crippen LogP contribution < -0.4 is 20.1 Å². The smallest absolute Gasteiger partial charge is 0.418 e. The molecule has 11 nitrogen and oxygen atoms in total. The summed E-state index contributed by atoms with van der Waals surface area (Å²) in [5.41, 5.74) is -0.0217. The van der Waals surface area contributed by atoms with Gasteiger partial charge in [0, 0.05) is 45.5 Å². The van der Waals surface area contributed by atoms with Crippen LogP contribution in [0.25, 0.3) is 11.0 Å². The van der Waals surface area contributed by atoms with Crippen LogP contribution in [0.15, 0.2) is 18.3 Å². The van der Waals surface area contributed by atoms with Gasteiger partial charge in [-0.05, 0) is 25.0 Å². The number of anilines is 3. The van der Waals surface area contributed by atoms with Crippen LogP contribution in [0.4, 0.5) is 30.6 Å². The fraction of sp³-hybridized carbons (Fsp3) is 0.480. The van der Waals surface area contributed by atoms with E-state index in [0.717, 1.165) is 45.3 Å². The third kappa shape index (κ3) is 4.78. The van der Waals surface area contributed by atoms with Crippen molar-refractivity contribution in [3.05, 3.63) is 29.5 Å². The minimum absolute atomic E-state index is 0.0113. The van der Waals surface area contributed by atoms with Gasteiger partial charge in [0.1, 0.15) is 11.5 Å². The Morgan fingerprint density at radius 2 is 1.82 bits per heavy atom. The number of aromatic amines is 1. The van der Waals surface area contributed by atoms with Crippen molar-refractivity contribution < 1.29 is 32.2 Å². The quantitative estimate of drug-likeness (QED) is 0.442. The average molecular weight is 548 g/mol. The number of carbonyl (C=O) groups is 1. The molecule has 2 saturated heterocycles. The van der Waals surface area contributed by atoms with Crippen LogP contribution in [0, 0.1) is 0 Å². The monoisotopic (exact) mass is 547 g/mol. The molecule has 0 atom stereocenters. The molecule has 3 aromatic rings. The summed E-state index contributed by atoms with van der Waals surface area (Å²) in [5, 5.41) is 5.55. The minimum atomic E-state index is -4.56. The van der Waals surface area contributed by atoms with Crippen LogP contribution in [0.2, 0.25) is 0 Å². The van der Waals surface area contributed by atoms with E-state index in [0.29, 0.717) is 41.9 Å². The van der Waals surface area contributed by atoms with E-state index in [-0.39, 0.29) is 35.5 Å². The first kappa shape index (κ1) is 25.5. The van der Waals surface area contributed by atoms with E-state index in [1.54, 1.807) is 12.1 Å². The van der Waals surface area contributed by atoms with Gasteiger partial charge in [-0.15, -0.1) is 0 Å². The number of morpholine rings is 1. The van der Waals surface area contributed by atoms with E-state index in [9.17, 15) is 18.0 Å². The Hall–Kier alpha value is -3.78. The number of fused-ring (bicyclic) bond motifs is 2. The Morgan fingerprint density at radius 3 is 2.54 bits per heavy atom. The number of likely N-dealkylation sites (tertiary alicyclic amines) is 1. The molecule has 0 aliphatic carbocycles. The molecule has 1 aromatic carbocycles. The lowest BCUT2D eigenvalue weighted by Crippen LogP contribution is -2.50. The minimum Gasteiger partial charge on any atom is -0.453 e. The normalized spacial score (nSPS) is 18.5. The van der Waals surface area contributed by atoms with Gasteiger partial charge in [-0.1, -0.05) is 0 Å². The Bertz CT molecular complexity index is 1380. The molecule has 2 aromatic heterocycles. The molecule has 3 aliphatic heterocycles. The number of piperidine rings is 1. The van der Waals surface area contributed by atoms with Gasteiger partial charge < -0.3 is 34.7 Å². The summed E-state index contributed by atoms with van der Waals surface area (Å²) in [6, 6.07) is 3.76. The molecule has 208 valence electrons. The third-order valence-electron chi connectivity index (χ3n) is 7.38. The Balaban J connectivity index is 1.21. The summed E-state index contributed by atoms with van der Waals surface area (Å²) in [7, 11) is 1.48. The summed E-state index contributed by atoms with van der Waals surface area (Å²) < 4.78 is 57.1. The van der Waals surface area contributed by atoms with Crippen molar-refractivity contribution >= 4 is 34.4 Å². The molecule has 5 heterocycles. The Morgan fingerprint density at radius 1 is 1.08 bits per heavy atom. The maximum Gasteiger partial charge on any atom is 0.418 e. The highest BCUT2D eigenvalue weighted by molar-refractivity contribution is 5.99. The van der Waals surface area contributed by atoms with Gasteiger partial charge in [0.15, 0.2) is 11.5 Å². The molecule has 0 radical (unpaired) electrons. The highest BCUT2D eigenvalue weighted by atomic mass is 19.4. The summed E-state index contributed by atoms with van der Waals surface area (Å²) in [4.78, 5) is 28.7. The molecule has 0 saturated carbocycles. The highest BCUT2D eigenvalue weighted by Crippen LogP contribution is 2.44. The van der Waals surface area contributed by atoms with Gasteiger partial charge in [-0.25, -0.2) is 0 Å². The average Bonchev–Trinajstić information content (AvgIpc) is 3.61. The second kappa shape index (κ2) is 10.1. The van der Waals surface area contributed by atoms with Gasteiger partial charge in [0.05, 0.1) is 35.4 Å². The molecular weight excluding hydrogens is 519 g/mol. The number of hydrogen-bond donors (Lipinski definition) is 3. The molecule has 6 rings (SSSR count). The summed E-state index contributed by atoms with van der Waals surface area (Å²) >= 11 is 0. The van der Waals surface area contributed by atoms with Crippen molar-refractivity contribution in [1.29, 1.82) is 0 Å². The maximum absolute atomic E-state index is 13.4. The fourth-order valence-electron chi connectivity index (χ4n) is 5.42. The number of alkyl halides is 3. The molecule has 14 heteroatoms. The molecule has 39 heavy (non-hydrogen) atoms. The predicted octanol–water partition coefficient (Wildman–Crippen LogP) is 3.43. The summed E-state index contributed by atoms with van der Waals surface area (Å²) in [5.74, 6) is 0.558. The first-order valence-corrected chi connectivity index (χ1v) is 12.8. The molecule has 0 spiro atoms. The second-order valence-electron chi connectivity index (χ2n) is 9.59. The zero-order chi connectivity index (χ0) is 27.1. The van der Waals surface area contributed by atoms with Crippen molar-refractivity contribution in [2.45, 2.75) is 25.1 Å². The maximum atomic E-state index is 13.4. The number of aromatic nitrogens is 3. The van der Waals surface area contributed by atoms with Crippen LogP contribution in [0.1, 0.15) is 28.8 Å². The van der Waals surface area contributed by atoms with Gasteiger partial charge in [-0.2, -0.15) is 23.1 Å². The van der Waals surface area contributed by atoms with Crippen LogP contribution in [0.5, 0.6) is 11.5 Å². The largest absolute Gasteiger partial charge is 0.453 e. The zero-order valence-electron chi connectivity index (χ0n) is 21.2. The van der Waals surface area contributed by atoms with Crippen LogP contribution in [-0.2, 0) is 10.9 Å². The highest BCUT2D eigenvalue weighted by Gasteiger charge is 2.36. The number of carbonyl (C=O) groups excluding carboxylic acids is 1. The molecule has 1 amide bonds. The SMILES string of the molecule is CNc1nc(Nc2ccc(C(=O)N3CCC(N4CCOCC4)CC3)c3c2OCO3)nc2[nH]cc(C(F)(F)F)c12. The number of nitrogens with zero attached hydrogens (tertiary/aromatic N) is 4. The van der Waals surface area contributed by atoms with Crippen LogP contribution in [0.3, 0.4) is 0 Å². The van der Waals surface area contributed by atoms with Gasteiger partial charge >= 0.3 is 6.18 Å². The standard InChI is InChI=1S/C25H28F3N7O4/c1-29-21-18-16(25(26,27)28)12-30-22(18)33-24(32-21)31-17-3-2-15(19-20(17)39-13-38-19)23(36)35-6-4-14(5-7-35)34-8-10-37-11-9-34/h2-3,12,14H,4-11,13H2,1H3,(H3,29,30,31,32,33). The van der Waals surface area contributed by atoms with Crippen LogP contribution >= 0.6 is 0 Å². The van der Waals surface area contributed by atoms with Crippen molar-refractivity contribution in [1.82, 2.24) is 24.8 Å². The van der Waals surface area contributed by atoms with Crippen LogP contribution in [-0.4, -0.2) is 89.9 Å². The van der Waals surface area contributed by atoms with E-state index in [1.165, 1.54) is 7.05 Å². The van der Waals surface area contributed by atoms with Gasteiger partial charge in [0.25, 0.3) is 5.91 Å². The van der Waals surface area contributed by atoms with E-state index >= 15 is 0 Å². The first-order chi connectivity index (χ1) is 18.8. The van der Waals surface area contributed by atoms with Gasteiger partial charge in [-0.3, -0.25) is 9.69 Å². The van der Waals surface area contributed by atoms with E-state index in [4.69, 9.17) is 14.2 Å². The molecule has 2 fully saturated rings. The zero-order valence-corrected chi connectivity index (χ0v) is 21.2. The third-order valence-corrected chi connectivity index (χ3v) is 7.38. The number of amides is 1. The Kier molecular flexibility index (Phi) is 6.59. The van der Waals surface area contributed by atoms with Crippen molar-refractivity contribution in [3.8, 4) is 11.5 Å². The topological polar surface area (TPSA) is 117 Å². The number of H-pyrrole nitrogens is 1. The number of nitrogens with one attached hydrogen (secondary N) is 3. The van der Waals surface area contributed by atoms with Crippen molar-refractivity contribution in [2.75, 3.05) is 63.9 Å². The van der Waals surface area contributed by atoms with E-state index < -0.39 is 11.7 Å². The lowest BCUT2D eigenvalue weighted by Gasteiger charge is -2.40. The molecule has 3 aliphatic rings. The predicted molar refractivity (Wildman–Crippen MR) is 136 cm³/mol. The molecule has 3 N–H and O–H groups in total.